The zero-order chi connectivity index (χ0) is 20.2. The van der Waals surface area contributed by atoms with Gasteiger partial charge in [-0.3, -0.25) is 10.00 Å². The highest BCUT2D eigenvalue weighted by molar-refractivity contribution is 5.67. The molecule has 0 bridgehead atoms. The number of likely N-dealkylation sites (tertiary alicyclic amines) is 1. The molecule has 0 spiro atoms. The number of H-pyrrole nitrogens is 1. The van der Waals surface area contributed by atoms with Gasteiger partial charge >= 0.3 is 0 Å². The maximum atomic E-state index is 14.3. The van der Waals surface area contributed by atoms with Gasteiger partial charge in [-0.1, -0.05) is 18.2 Å². The average Bonchev–Trinajstić information content (AvgIpc) is 3.19. The zero-order valence-corrected chi connectivity index (χ0v) is 16.5. The summed E-state index contributed by atoms with van der Waals surface area (Å²) in [5.74, 6) is -0.0888. The number of hydrogen-bond acceptors (Lipinski definition) is 3. The molecule has 2 heterocycles. The number of aromatic amines is 1. The SMILES string of the molecule is CCOc1ccc(CN2CCCC(c3[nH]ncc3-c3c(F)cccc3F)C2)cc1. The molecule has 0 radical (unpaired) electrons. The van der Waals surface area contributed by atoms with Gasteiger partial charge in [-0.2, -0.15) is 5.10 Å². The van der Waals surface area contributed by atoms with Crippen molar-refractivity contribution >= 4 is 0 Å². The van der Waals surface area contributed by atoms with Crippen LogP contribution in [-0.2, 0) is 6.54 Å². The van der Waals surface area contributed by atoms with Crippen molar-refractivity contribution in [3.8, 4) is 16.9 Å². The summed E-state index contributed by atoms with van der Waals surface area (Å²) in [6, 6.07) is 12.1. The molecule has 0 aliphatic carbocycles. The standard InChI is InChI=1S/C23H25F2N3O/c1-2-29-18-10-8-16(9-11-18)14-28-12-4-5-17(15-28)23-19(13-26-27-23)22-20(24)6-3-7-21(22)25/h3,6-11,13,17H,2,4-5,12,14-15H2,1H3,(H,26,27). The highest BCUT2D eigenvalue weighted by atomic mass is 19.1. The molecular formula is C23H25F2N3O. The second kappa shape index (κ2) is 8.74. The molecule has 152 valence electrons. The van der Waals surface area contributed by atoms with Crippen molar-refractivity contribution in [3.63, 3.8) is 0 Å². The van der Waals surface area contributed by atoms with Crippen LogP contribution in [0.5, 0.6) is 5.75 Å². The molecule has 1 unspecified atom stereocenters. The summed E-state index contributed by atoms with van der Waals surface area (Å²) < 4.78 is 34.1. The van der Waals surface area contributed by atoms with Crippen LogP contribution in [0.3, 0.4) is 0 Å². The number of ether oxygens (including phenoxy) is 1. The predicted molar refractivity (Wildman–Crippen MR) is 109 cm³/mol. The average molecular weight is 397 g/mol. The van der Waals surface area contributed by atoms with Crippen LogP contribution in [0.2, 0.25) is 0 Å². The Hall–Kier alpha value is -2.73. The van der Waals surface area contributed by atoms with E-state index in [9.17, 15) is 8.78 Å². The largest absolute Gasteiger partial charge is 0.494 e. The Bertz CT molecular complexity index is 935. The van der Waals surface area contributed by atoms with Gasteiger partial charge in [-0.05, 0) is 56.1 Å². The second-order valence-electron chi connectivity index (χ2n) is 7.45. The Labute approximate surface area is 169 Å². The lowest BCUT2D eigenvalue weighted by atomic mass is 9.90. The van der Waals surface area contributed by atoms with Crippen LogP contribution in [0.25, 0.3) is 11.1 Å². The molecule has 2 aromatic carbocycles. The molecule has 1 saturated heterocycles. The van der Waals surface area contributed by atoms with Crippen molar-refractivity contribution in [2.24, 2.45) is 0 Å². The Morgan fingerprint density at radius 2 is 1.90 bits per heavy atom. The van der Waals surface area contributed by atoms with Crippen molar-refractivity contribution < 1.29 is 13.5 Å². The Morgan fingerprint density at radius 3 is 2.62 bits per heavy atom. The van der Waals surface area contributed by atoms with Crippen LogP contribution in [0.4, 0.5) is 8.78 Å². The number of halogens is 2. The summed E-state index contributed by atoms with van der Waals surface area (Å²) in [4.78, 5) is 2.38. The van der Waals surface area contributed by atoms with Crippen LogP contribution in [0.15, 0.2) is 48.7 Å². The predicted octanol–water partition coefficient (Wildman–Crippen LogP) is 5.13. The minimum Gasteiger partial charge on any atom is -0.494 e. The van der Waals surface area contributed by atoms with Crippen molar-refractivity contribution in [3.05, 3.63) is 71.6 Å². The second-order valence-corrected chi connectivity index (χ2v) is 7.45. The van der Waals surface area contributed by atoms with Gasteiger partial charge in [0.1, 0.15) is 17.4 Å². The van der Waals surface area contributed by atoms with E-state index in [0.717, 1.165) is 43.9 Å². The maximum Gasteiger partial charge on any atom is 0.134 e. The summed E-state index contributed by atoms with van der Waals surface area (Å²) >= 11 is 0. The highest BCUT2D eigenvalue weighted by Gasteiger charge is 2.27. The summed E-state index contributed by atoms with van der Waals surface area (Å²) in [6.07, 6.45) is 3.52. The lowest BCUT2D eigenvalue weighted by Gasteiger charge is -2.32. The molecule has 1 fully saturated rings. The molecule has 0 amide bonds. The molecular weight excluding hydrogens is 372 g/mol. The van der Waals surface area contributed by atoms with E-state index in [0.29, 0.717) is 12.2 Å². The first-order valence-corrected chi connectivity index (χ1v) is 10.1. The van der Waals surface area contributed by atoms with Crippen LogP contribution in [0.1, 0.15) is 36.9 Å². The third kappa shape index (κ3) is 4.32. The van der Waals surface area contributed by atoms with Crippen molar-refractivity contribution in [2.75, 3.05) is 19.7 Å². The maximum absolute atomic E-state index is 14.3. The normalized spacial score (nSPS) is 17.4. The molecule has 1 N–H and O–H groups in total. The van der Waals surface area contributed by atoms with E-state index in [1.54, 1.807) is 0 Å². The quantitative estimate of drug-likeness (QED) is 0.627. The number of hydrogen-bond donors (Lipinski definition) is 1. The van der Waals surface area contributed by atoms with Crippen LogP contribution >= 0.6 is 0 Å². The molecule has 29 heavy (non-hydrogen) atoms. The topological polar surface area (TPSA) is 41.1 Å². The minimum absolute atomic E-state index is 0.000105. The molecule has 4 nitrogen and oxygen atoms in total. The van der Waals surface area contributed by atoms with Gasteiger partial charge in [0.2, 0.25) is 0 Å². The fraction of sp³-hybridized carbons (Fsp3) is 0.348. The van der Waals surface area contributed by atoms with Gasteiger partial charge in [0.15, 0.2) is 0 Å². The van der Waals surface area contributed by atoms with Crippen molar-refractivity contribution in [1.29, 1.82) is 0 Å². The first kappa shape index (κ1) is 19.6. The number of rotatable bonds is 6. The Morgan fingerprint density at radius 1 is 1.14 bits per heavy atom. The van der Waals surface area contributed by atoms with Gasteiger partial charge < -0.3 is 4.74 Å². The van der Waals surface area contributed by atoms with E-state index in [1.165, 1.54) is 30.0 Å². The third-order valence-corrected chi connectivity index (χ3v) is 5.46. The number of piperidine rings is 1. The molecule has 4 rings (SSSR count). The Kier molecular flexibility index (Phi) is 5.90. The molecule has 1 aliphatic rings. The summed E-state index contributed by atoms with van der Waals surface area (Å²) in [5.41, 5.74) is 2.55. The first-order chi connectivity index (χ1) is 14.2. The van der Waals surface area contributed by atoms with E-state index in [2.05, 4.69) is 27.2 Å². The van der Waals surface area contributed by atoms with Crippen molar-refractivity contribution in [1.82, 2.24) is 15.1 Å². The lowest BCUT2D eigenvalue weighted by molar-refractivity contribution is 0.198. The summed E-state index contributed by atoms with van der Waals surface area (Å²) in [6.45, 7) is 5.28. The third-order valence-electron chi connectivity index (χ3n) is 5.46. The fourth-order valence-corrected chi connectivity index (χ4v) is 4.11. The summed E-state index contributed by atoms with van der Waals surface area (Å²) in [5, 5.41) is 7.11. The highest BCUT2D eigenvalue weighted by Crippen LogP contribution is 2.35. The smallest absolute Gasteiger partial charge is 0.134 e. The minimum atomic E-state index is -0.560. The molecule has 1 atom stereocenters. The van der Waals surface area contributed by atoms with Crippen LogP contribution in [0, 0.1) is 11.6 Å². The molecule has 1 aromatic heterocycles. The molecule has 6 heteroatoms. The fourth-order valence-electron chi connectivity index (χ4n) is 4.11. The van der Waals surface area contributed by atoms with Gasteiger partial charge in [-0.15, -0.1) is 0 Å². The van der Waals surface area contributed by atoms with E-state index in [-0.39, 0.29) is 11.5 Å². The van der Waals surface area contributed by atoms with E-state index >= 15 is 0 Å². The van der Waals surface area contributed by atoms with Gasteiger partial charge in [0.25, 0.3) is 0 Å². The zero-order valence-electron chi connectivity index (χ0n) is 16.5. The molecule has 0 saturated carbocycles. The Balaban J connectivity index is 1.50. The molecule has 1 aliphatic heterocycles. The lowest BCUT2D eigenvalue weighted by Crippen LogP contribution is -2.34. The summed E-state index contributed by atoms with van der Waals surface area (Å²) in [7, 11) is 0. The van der Waals surface area contributed by atoms with Crippen LogP contribution < -0.4 is 4.74 Å². The monoisotopic (exact) mass is 397 g/mol. The number of nitrogens with one attached hydrogen (secondary N) is 1. The number of benzene rings is 2. The van der Waals surface area contributed by atoms with Gasteiger partial charge in [0, 0.05) is 30.3 Å². The van der Waals surface area contributed by atoms with E-state index in [4.69, 9.17) is 4.74 Å². The van der Waals surface area contributed by atoms with E-state index in [1.807, 2.05) is 19.1 Å². The number of nitrogens with zero attached hydrogens (tertiary/aromatic N) is 2. The van der Waals surface area contributed by atoms with Crippen LogP contribution in [-0.4, -0.2) is 34.8 Å². The van der Waals surface area contributed by atoms with Gasteiger partial charge in [0.05, 0.1) is 18.4 Å². The van der Waals surface area contributed by atoms with E-state index < -0.39 is 11.6 Å². The molecule has 3 aromatic rings. The van der Waals surface area contributed by atoms with Gasteiger partial charge in [-0.25, -0.2) is 8.78 Å². The number of aromatic nitrogens is 2. The first-order valence-electron chi connectivity index (χ1n) is 10.1. The van der Waals surface area contributed by atoms with Crippen molar-refractivity contribution in [2.45, 2.75) is 32.2 Å².